The van der Waals surface area contributed by atoms with E-state index in [-0.39, 0.29) is 0 Å². The summed E-state index contributed by atoms with van der Waals surface area (Å²) in [5.41, 5.74) is 0.797. The largest absolute Gasteiger partial charge is 0.456 e. The number of hydrogen-bond donors (Lipinski definition) is 0. The zero-order chi connectivity index (χ0) is 18.4. The summed E-state index contributed by atoms with van der Waals surface area (Å²) in [6.07, 6.45) is 1.37. The molecule has 26 heavy (non-hydrogen) atoms. The van der Waals surface area contributed by atoms with E-state index >= 15 is 0 Å². The third-order valence-corrected chi connectivity index (χ3v) is 4.82. The van der Waals surface area contributed by atoms with Crippen LogP contribution in [-0.2, 0) is 4.79 Å². The second-order valence-electron chi connectivity index (χ2n) is 5.31. The second-order valence-corrected chi connectivity index (χ2v) is 7.80. The molecule has 5 heteroatoms. The van der Waals surface area contributed by atoms with Gasteiger partial charge in [0.25, 0.3) is 0 Å². The number of halogens is 2. The third kappa shape index (κ3) is 5.57. The lowest BCUT2D eigenvalue weighted by atomic mass is 10.2. The van der Waals surface area contributed by atoms with Gasteiger partial charge < -0.3 is 9.47 Å². The maximum Gasteiger partial charge on any atom is 0.339 e. The van der Waals surface area contributed by atoms with Crippen LogP contribution in [0, 0.1) is 7.14 Å². The number of rotatable bonds is 5. The fraction of sp³-hybridized carbons (Fsp3) is 0. The molecule has 0 bridgehead atoms. The van der Waals surface area contributed by atoms with Gasteiger partial charge in [0.15, 0.2) is 0 Å². The Morgan fingerprint density at radius 3 is 1.73 bits per heavy atom. The molecule has 0 spiro atoms. The van der Waals surface area contributed by atoms with Gasteiger partial charge in [-0.25, -0.2) is 4.79 Å². The van der Waals surface area contributed by atoms with Gasteiger partial charge in [-0.1, -0.05) is 30.3 Å². The van der Waals surface area contributed by atoms with Crippen molar-refractivity contribution in [2.75, 3.05) is 0 Å². The summed E-state index contributed by atoms with van der Waals surface area (Å²) >= 11 is 4.43. The van der Waals surface area contributed by atoms with E-state index in [1.807, 2.05) is 66.7 Å². The van der Waals surface area contributed by atoms with E-state index < -0.39 is 5.97 Å². The molecule has 3 rings (SSSR count). The van der Waals surface area contributed by atoms with E-state index in [0.717, 1.165) is 12.7 Å². The van der Waals surface area contributed by atoms with Crippen LogP contribution in [0.1, 0.15) is 5.56 Å². The predicted octanol–water partition coefficient (Wildman–Crippen LogP) is 5.92. The van der Waals surface area contributed by atoms with Crippen molar-refractivity contribution in [3.63, 3.8) is 0 Å². The summed E-state index contributed by atoms with van der Waals surface area (Å²) in [5.74, 6) is 1.09. The molecule has 0 saturated carbocycles. The van der Waals surface area contributed by atoms with E-state index in [9.17, 15) is 4.79 Å². The lowest BCUT2D eigenvalue weighted by Crippen LogP contribution is -2.07. The van der Waals surface area contributed by atoms with Crippen molar-refractivity contribution < 1.29 is 14.3 Å². The van der Waals surface area contributed by atoms with Crippen molar-refractivity contribution in [2.45, 2.75) is 0 Å². The number of esters is 1. The molecule has 0 aliphatic carbocycles. The zero-order valence-corrected chi connectivity index (χ0v) is 17.9. The van der Waals surface area contributed by atoms with Crippen LogP contribution in [0.2, 0.25) is 0 Å². The van der Waals surface area contributed by atoms with Crippen molar-refractivity contribution in [1.29, 1.82) is 0 Å². The molecule has 3 aromatic rings. The SMILES string of the molecule is O=C(/C=C(/Oc1ccc(I)cc1)c1ccccc1)Oc1ccc(I)cc1. The molecular weight excluding hydrogens is 554 g/mol. The number of ether oxygens (including phenoxy) is 2. The minimum absolute atomic E-state index is 0.433. The fourth-order valence-electron chi connectivity index (χ4n) is 2.16. The van der Waals surface area contributed by atoms with Gasteiger partial charge in [0, 0.05) is 12.7 Å². The first kappa shape index (κ1) is 18.9. The van der Waals surface area contributed by atoms with Gasteiger partial charge in [0.1, 0.15) is 17.3 Å². The van der Waals surface area contributed by atoms with Gasteiger partial charge in [0.2, 0.25) is 0 Å². The molecule has 0 aromatic heterocycles. The summed E-state index contributed by atoms with van der Waals surface area (Å²) in [4.78, 5) is 12.3. The van der Waals surface area contributed by atoms with Gasteiger partial charge in [-0.15, -0.1) is 0 Å². The van der Waals surface area contributed by atoms with Crippen LogP contribution < -0.4 is 9.47 Å². The van der Waals surface area contributed by atoms with Crippen LogP contribution in [0.15, 0.2) is 84.9 Å². The lowest BCUT2D eigenvalue weighted by molar-refractivity contribution is -0.129. The first-order chi connectivity index (χ1) is 12.6. The minimum Gasteiger partial charge on any atom is -0.456 e. The fourth-order valence-corrected chi connectivity index (χ4v) is 2.88. The third-order valence-electron chi connectivity index (χ3n) is 3.38. The predicted molar refractivity (Wildman–Crippen MR) is 119 cm³/mol. The molecule has 0 saturated heterocycles. The first-order valence-corrected chi connectivity index (χ1v) is 9.94. The summed E-state index contributed by atoms with van der Waals surface area (Å²) in [5, 5.41) is 0. The zero-order valence-electron chi connectivity index (χ0n) is 13.6. The molecule has 3 aromatic carbocycles. The number of carbonyl (C=O) groups is 1. The summed E-state index contributed by atoms with van der Waals surface area (Å²) < 4.78 is 13.5. The summed E-state index contributed by atoms with van der Waals surface area (Å²) in [7, 11) is 0. The van der Waals surface area contributed by atoms with E-state index in [0.29, 0.717) is 17.3 Å². The lowest BCUT2D eigenvalue weighted by Gasteiger charge is -2.11. The Morgan fingerprint density at radius 2 is 1.19 bits per heavy atom. The Morgan fingerprint density at radius 1 is 0.692 bits per heavy atom. The molecule has 0 unspecified atom stereocenters. The second kappa shape index (κ2) is 9.18. The highest BCUT2D eigenvalue weighted by atomic mass is 127. The molecule has 0 fully saturated rings. The topological polar surface area (TPSA) is 35.5 Å². The highest BCUT2D eigenvalue weighted by Gasteiger charge is 2.10. The molecule has 0 aliphatic rings. The van der Waals surface area contributed by atoms with Crippen molar-refractivity contribution in [3.8, 4) is 11.5 Å². The number of benzene rings is 3. The highest BCUT2D eigenvalue weighted by Crippen LogP contribution is 2.22. The molecule has 130 valence electrons. The van der Waals surface area contributed by atoms with Crippen LogP contribution in [0.3, 0.4) is 0 Å². The van der Waals surface area contributed by atoms with Crippen molar-refractivity contribution in [3.05, 3.63) is 97.6 Å². The monoisotopic (exact) mass is 568 g/mol. The smallest absolute Gasteiger partial charge is 0.339 e. The van der Waals surface area contributed by atoms with Crippen LogP contribution in [0.4, 0.5) is 0 Å². The highest BCUT2D eigenvalue weighted by molar-refractivity contribution is 14.1. The van der Waals surface area contributed by atoms with Crippen molar-refractivity contribution in [1.82, 2.24) is 0 Å². The quantitative estimate of drug-likeness (QED) is 0.126. The molecule has 3 nitrogen and oxygen atoms in total. The van der Waals surface area contributed by atoms with Crippen LogP contribution >= 0.6 is 45.2 Å². The average Bonchev–Trinajstić information content (AvgIpc) is 2.65. The summed E-state index contributed by atoms with van der Waals surface area (Å²) in [6.45, 7) is 0. The molecule has 0 heterocycles. The van der Waals surface area contributed by atoms with E-state index in [2.05, 4.69) is 45.2 Å². The van der Waals surface area contributed by atoms with Crippen LogP contribution in [0.5, 0.6) is 11.5 Å². The van der Waals surface area contributed by atoms with Crippen molar-refractivity contribution in [2.24, 2.45) is 0 Å². The van der Waals surface area contributed by atoms with Gasteiger partial charge in [-0.2, -0.15) is 0 Å². The Balaban J connectivity index is 1.84. The first-order valence-electron chi connectivity index (χ1n) is 7.78. The van der Waals surface area contributed by atoms with E-state index in [1.54, 1.807) is 12.1 Å². The van der Waals surface area contributed by atoms with Gasteiger partial charge in [-0.05, 0) is 93.7 Å². The molecule has 0 radical (unpaired) electrons. The van der Waals surface area contributed by atoms with Gasteiger partial charge >= 0.3 is 5.97 Å². The molecular formula is C21H14I2O3. The Labute approximate surface area is 179 Å². The van der Waals surface area contributed by atoms with Crippen molar-refractivity contribution >= 4 is 56.9 Å². The number of carbonyl (C=O) groups excluding carboxylic acids is 1. The molecule has 0 amide bonds. The maximum absolute atomic E-state index is 12.3. The van der Waals surface area contributed by atoms with E-state index in [1.165, 1.54) is 6.08 Å². The summed E-state index contributed by atoms with van der Waals surface area (Å²) in [6, 6.07) is 24.4. The Kier molecular flexibility index (Phi) is 6.67. The normalized spacial score (nSPS) is 11.1. The van der Waals surface area contributed by atoms with Crippen LogP contribution in [-0.4, -0.2) is 5.97 Å². The van der Waals surface area contributed by atoms with Gasteiger partial charge in [-0.3, -0.25) is 0 Å². The van der Waals surface area contributed by atoms with Crippen LogP contribution in [0.25, 0.3) is 5.76 Å². The number of hydrogen-bond acceptors (Lipinski definition) is 3. The Hall–Kier alpha value is -1.87. The molecule has 0 atom stereocenters. The van der Waals surface area contributed by atoms with E-state index in [4.69, 9.17) is 9.47 Å². The average molecular weight is 568 g/mol. The van der Waals surface area contributed by atoms with Gasteiger partial charge in [0.05, 0.1) is 6.08 Å². The Bertz CT molecular complexity index is 902. The maximum atomic E-state index is 12.3. The minimum atomic E-state index is -0.490. The molecule has 0 aliphatic heterocycles. The molecule has 0 N–H and O–H groups in total. The standard InChI is InChI=1S/C21H14I2O3/c22-16-6-10-18(11-7-16)25-20(15-4-2-1-3-5-15)14-21(24)26-19-12-8-17(23)9-13-19/h1-14H/b20-14+.